The molecular weight excluding hydrogens is 318 g/mol. The molecule has 8 nitrogen and oxygen atoms in total. The average Bonchev–Trinajstić information content (AvgIpc) is 2.42. The van der Waals surface area contributed by atoms with Gasteiger partial charge < -0.3 is 15.7 Å². The fourth-order valence-corrected chi connectivity index (χ4v) is 3.60. The van der Waals surface area contributed by atoms with Crippen LogP contribution < -0.4 is 5.73 Å². The summed E-state index contributed by atoms with van der Waals surface area (Å²) in [6.45, 7) is 1.42. The van der Waals surface area contributed by atoms with E-state index in [1.165, 1.54) is 16.1 Å². The van der Waals surface area contributed by atoms with Gasteiger partial charge in [-0.3, -0.25) is 9.59 Å². The predicted octanol–water partition coefficient (Wildman–Crippen LogP) is -1.37. The molecule has 122 valence electrons. The van der Waals surface area contributed by atoms with Crippen LogP contribution in [0.25, 0.3) is 0 Å². The Labute approximate surface area is 128 Å². The SMILES string of the molecule is CS(=O)(=O)N1CCN(C(=O)CSCCC(N)C(=O)O)CC1. The first-order chi connectivity index (χ1) is 9.71. The minimum absolute atomic E-state index is 0.0583. The van der Waals surface area contributed by atoms with Crippen LogP contribution in [0.5, 0.6) is 0 Å². The molecule has 0 saturated carbocycles. The van der Waals surface area contributed by atoms with Gasteiger partial charge in [0, 0.05) is 26.2 Å². The summed E-state index contributed by atoms with van der Waals surface area (Å²) in [5.74, 6) is -0.343. The molecule has 1 rings (SSSR count). The number of carboxylic acid groups (broad SMARTS) is 1. The molecule has 0 spiro atoms. The quantitative estimate of drug-likeness (QED) is 0.549. The topological polar surface area (TPSA) is 121 Å². The maximum atomic E-state index is 11.9. The van der Waals surface area contributed by atoms with E-state index in [9.17, 15) is 18.0 Å². The van der Waals surface area contributed by atoms with Crippen LogP contribution in [0.2, 0.25) is 0 Å². The van der Waals surface area contributed by atoms with Gasteiger partial charge in [-0.05, 0) is 12.2 Å². The zero-order chi connectivity index (χ0) is 16.0. The van der Waals surface area contributed by atoms with Crippen molar-refractivity contribution in [1.29, 1.82) is 0 Å². The van der Waals surface area contributed by atoms with Gasteiger partial charge in [0.1, 0.15) is 6.04 Å². The van der Waals surface area contributed by atoms with Crippen molar-refractivity contribution in [1.82, 2.24) is 9.21 Å². The van der Waals surface area contributed by atoms with Crippen LogP contribution in [0.4, 0.5) is 0 Å². The molecule has 0 aliphatic carbocycles. The lowest BCUT2D eigenvalue weighted by Crippen LogP contribution is -2.50. The summed E-state index contributed by atoms with van der Waals surface area (Å²) in [4.78, 5) is 24.1. The molecule has 1 aliphatic heterocycles. The Morgan fingerprint density at radius 1 is 1.29 bits per heavy atom. The second-order valence-corrected chi connectivity index (χ2v) is 7.92. The number of sulfonamides is 1. The molecule has 0 bridgehead atoms. The summed E-state index contributed by atoms with van der Waals surface area (Å²) in [5, 5.41) is 8.62. The number of rotatable bonds is 7. The van der Waals surface area contributed by atoms with E-state index >= 15 is 0 Å². The summed E-state index contributed by atoms with van der Waals surface area (Å²) in [5.41, 5.74) is 5.36. The van der Waals surface area contributed by atoms with E-state index in [2.05, 4.69) is 0 Å². The van der Waals surface area contributed by atoms with Crippen LogP contribution in [0.1, 0.15) is 6.42 Å². The van der Waals surface area contributed by atoms with Crippen molar-refractivity contribution in [3.8, 4) is 0 Å². The van der Waals surface area contributed by atoms with Gasteiger partial charge >= 0.3 is 5.97 Å². The molecule has 1 aliphatic rings. The molecule has 1 heterocycles. The van der Waals surface area contributed by atoms with E-state index in [0.717, 1.165) is 6.26 Å². The third kappa shape index (κ3) is 6.20. The van der Waals surface area contributed by atoms with Crippen molar-refractivity contribution >= 4 is 33.7 Å². The van der Waals surface area contributed by atoms with Crippen LogP contribution in [0.15, 0.2) is 0 Å². The number of thioether (sulfide) groups is 1. The normalized spacial score (nSPS) is 18.5. The number of aliphatic carboxylic acids is 1. The van der Waals surface area contributed by atoms with Gasteiger partial charge in [0.25, 0.3) is 0 Å². The molecule has 10 heteroatoms. The van der Waals surface area contributed by atoms with Gasteiger partial charge in [-0.25, -0.2) is 8.42 Å². The lowest BCUT2D eigenvalue weighted by Gasteiger charge is -2.33. The minimum Gasteiger partial charge on any atom is -0.480 e. The maximum absolute atomic E-state index is 11.9. The second kappa shape index (κ2) is 7.97. The molecule has 0 aromatic heterocycles. The van der Waals surface area contributed by atoms with Crippen molar-refractivity contribution in [3.05, 3.63) is 0 Å². The number of amides is 1. The summed E-state index contributed by atoms with van der Waals surface area (Å²) in [7, 11) is -3.19. The van der Waals surface area contributed by atoms with Crippen LogP contribution in [-0.4, -0.2) is 84.6 Å². The second-order valence-electron chi connectivity index (χ2n) is 4.83. The van der Waals surface area contributed by atoms with E-state index in [4.69, 9.17) is 10.8 Å². The van der Waals surface area contributed by atoms with Gasteiger partial charge in [-0.2, -0.15) is 16.1 Å². The molecule has 21 heavy (non-hydrogen) atoms. The van der Waals surface area contributed by atoms with E-state index in [1.807, 2.05) is 0 Å². The fourth-order valence-electron chi connectivity index (χ4n) is 1.85. The van der Waals surface area contributed by atoms with Gasteiger partial charge in [-0.1, -0.05) is 0 Å². The number of carbonyl (C=O) groups excluding carboxylic acids is 1. The number of carbonyl (C=O) groups is 2. The highest BCUT2D eigenvalue weighted by Crippen LogP contribution is 2.10. The Balaban J connectivity index is 2.24. The smallest absolute Gasteiger partial charge is 0.320 e. The van der Waals surface area contributed by atoms with E-state index in [0.29, 0.717) is 38.4 Å². The van der Waals surface area contributed by atoms with Crippen molar-refractivity contribution in [2.45, 2.75) is 12.5 Å². The number of nitrogens with zero attached hydrogens (tertiary/aromatic N) is 2. The van der Waals surface area contributed by atoms with Crippen molar-refractivity contribution in [2.75, 3.05) is 43.9 Å². The first kappa shape index (κ1) is 18.2. The predicted molar refractivity (Wildman–Crippen MR) is 80.6 cm³/mol. The van der Waals surface area contributed by atoms with Crippen LogP contribution in [-0.2, 0) is 19.6 Å². The summed E-state index contributed by atoms with van der Waals surface area (Å²) >= 11 is 1.34. The van der Waals surface area contributed by atoms with Crippen molar-refractivity contribution in [3.63, 3.8) is 0 Å². The zero-order valence-corrected chi connectivity index (χ0v) is 13.5. The molecule has 1 atom stereocenters. The first-order valence-corrected chi connectivity index (χ1v) is 9.51. The first-order valence-electron chi connectivity index (χ1n) is 6.51. The number of nitrogens with two attached hydrogens (primary N) is 1. The molecule has 3 N–H and O–H groups in total. The van der Waals surface area contributed by atoms with Gasteiger partial charge in [0.15, 0.2) is 0 Å². The van der Waals surface area contributed by atoms with E-state index < -0.39 is 22.0 Å². The number of hydrogen-bond acceptors (Lipinski definition) is 6. The summed E-state index contributed by atoms with van der Waals surface area (Å²) in [6, 6.07) is -0.897. The van der Waals surface area contributed by atoms with Gasteiger partial charge in [0.05, 0.1) is 12.0 Å². The summed E-state index contributed by atoms with van der Waals surface area (Å²) in [6.07, 6.45) is 1.47. The van der Waals surface area contributed by atoms with Crippen molar-refractivity contribution < 1.29 is 23.1 Å². The molecular formula is C11H21N3O5S2. The van der Waals surface area contributed by atoms with Gasteiger partial charge in [0.2, 0.25) is 15.9 Å². The van der Waals surface area contributed by atoms with Crippen LogP contribution >= 0.6 is 11.8 Å². The molecule has 0 aromatic carbocycles. The monoisotopic (exact) mass is 339 g/mol. The lowest BCUT2D eigenvalue weighted by atomic mass is 10.2. The van der Waals surface area contributed by atoms with Crippen LogP contribution in [0, 0.1) is 0 Å². The Hall–Kier alpha value is -0.840. The van der Waals surface area contributed by atoms with Crippen LogP contribution in [0.3, 0.4) is 0 Å². The molecule has 0 radical (unpaired) electrons. The Morgan fingerprint density at radius 3 is 2.33 bits per heavy atom. The molecule has 0 aromatic rings. The Morgan fingerprint density at radius 2 is 1.86 bits per heavy atom. The van der Waals surface area contributed by atoms with E-state index in [1.54, 1.807) is 4.90 Å². The highest BCUT2D eigenvalue weighted by molar-refractivity contribution is 7.99. The Kier molecular flexibility index (Phi) is 6.91. The minimum atomic E-state index is -3.19. The largest absolute Gasteiger partial charge is 0.480 e. The molecule has 1 fully saturated rings. The molecule has 1 saturated heterocycles. The zero-order valence-electron chi connectivity index (χ0n) is 11.9. The van der Waals surface area contributed by atoms with Gasteiger partial charge in [-0.15, -0.1) is 0 Å². The molecule has 1 amide bonds. The maximum Gasteiger partial charge on any atom is 0.320 e. The Bertz CT molecular complexity index is 474. The highest BCUT2D eigenvalue weighted by Gasteiger charge is 2.25. The average molecular weight is 339 g/mol. The number of carboxylic acids is 1. The third-order valence-electron chi connectivity index (χ3n) is 3.18. The number of hydrogen-bond donors (Lipinski definition) is 2. The van der Waals surface area contributed by atoms with Crippen molar-refractivity contribution in [2.24, 2.45) is 5.73 Å². The fraction of sp³-hybridized carbons (Fsp3) is 0.818. The van der Waals surface area contributed by atoms with E-state index in [-0.39, 0.29) is 11.7 Å². The third-order valence-corrected chi connectivity index (χ3v) is 5.45. The lowest BCUT2D eigenvalue weighted by molar-refractivity contribution is -0.138. The number of piperazine rings is 1. The standard InChI is InChI=1S/C11H21N3O5S2/c1-21(18,19)14-5-3-13(4-6-14)10(15)8-20-7-2-9(12)11(16)17/h9H,2-8,12H2,1H3,(H,16,17). The highest BCUT2D eigenvalue weighted by atomic mass is 32.2. The molecule has 1 unspecified atom stereocenters. The summed E-state index contributed by atoms with van der Waals surface area (Å²) < 4.78 is 24.1.